The molecule has 49 heavy (non-hydrogen) atoms. The third kappa shape index (κ3) is 4.90. The minimum absolute atomic E-state index is 0.790. The first kappa shape index (κ1) is 28.0. The summed E-state index contributed by atoms with van der Waals surface area (Å²) < 4.78 is 7.63. The Hall–Kier alpha value is -6.03. The lowest BCUT2D eigenvalue weighted by Crippen LogP contribution is -1.98. The largest absolute Gasteiger partial charge is 0.456 e. The van der Waals surface area contributed by atoms with Gasteiger partial charge in [-0.2, -0.15) is 0 Å². The van der Waals surface area contributed by atoms with E-state index in [1.54, 1.807) is 0 Å². The summed E-state index contributed by atoms with van der Waals surface area (Å²) in [5, 5.41) is 8.41. The number of thiophene rings is 1. The zero-order chi connectivity index (χ0) is 32.3. The van der Waals surface area contributed by atoms with Crippen molar-refractivity contribution in [2.45, 2.75) is 6.42 Å². The molecule has 0 radical (unpaired) electrons. The quantitative estimate of drug-likeness (QED) is 0.187. The van der Waals surface area contributed by atoms with Crippen LogP contribution in [0.3, 0.4) is 0 Å². The molecule has 0 aliphatic carbocycles. The van der Waals surface area contributed by atoms with E-state index in [9.17, 15) is 0 Å². The molecule has 0 spiro atoms. The van der Waals surface area contributed by atoms with Crippen LogP contribution in [0.2, 0.25) is 0 Å². The summed E-state index contributed by atoms with van der Waals surface area (Å²) in [5.41, 5.74) is 9.61. The van der Waals surface area contributed by atoms with Crippen molar-refractivity contribution in [1.82, 2.24) is 0 Å². The van der Waals surface area contributed by atoms with E-state index >= 15 is 0 Å². The standard InChI is InChI=1S/C46H29NOS/c1-2-10-33-27-44-40(24-32(33)9-1)39-25-34(21-23-43(39)48-44)41-22-20-36(46-28-35-11-4-6-15-45(35)49-46)26-42(47-41)31-18-16-30(17-19-31)38-14-7-12-29-8-3-5-13-37(29)38/h1-19,21-28H,20H2. The van der Waals surface area contributed by atoms with Gasteiger partial charge in [0.1, 0.15) is 11.2 Å². The molecule has 10 rings (SSSR count). The van der Waals surface area contributed by atoms with Gasteiger partial charge >= 0.3 is 0 Å². The van der Waals surface area contributed by atoms with Gasteiger partial charge in [-0.25, -0.2) is 4.99 Å². The molecule has 0 saturated heterocycles. The van der Waals surface area contributed by atoms with Crippen molar-refractivity contribution in [3.63, 3.8) is 0 Å². The number of aliphatic imine (C=N–C) groups is 1. The molecule has 1 aliphatic heterocycles. The number of furan rings is 1. The maximum absolute atomic E-state index is 6.33. The number of fused-ring (bicyclic) bond motifs is 6. The Morgan fingerprint density at radius 1 is 0.510 bits per heavy atom. The van der Waals surface area contributed by atoms with Crippen molar-refractivity contribution in [3.8, 4) is 11.1 Å². The predicted octanol–water partition coefficient (Wildman–Crippen LogP) is 13.1. The van der Waals surface area contributed by atoms with Crippen LogP contribution in [0.5, 0.6) is 0 Å². The Kier molecular flexibility index (Phi) is 6.46. The van der Waals surface area contributed by atoms with Gasteiger partial charge < -0.3 is 4.42 Å². The molecule has 3 heterocycles. The second-order valence-electron chi connectivity index (χ2n) is 12.7. The molecule has 0 bridgehead atoms. The topological polar surface area (TPSA) is 25.5 Å². The van der Waals surface area contributed by atoms with Gasteiger partial charge in [0.2, 0.25) is 0 Å². The first-order valence-corrected chi connectivity index (χ1v) is 17.5. The van der Waals surface area contributed by atoms with Crippen LogP contribution in [0.15, 0.2) is 173 Å². The van der Waals surface area contributed by atoms with Gasteiger partial charge in [0.25, 0.3) is 0 Å². The van der Waals surface area contributed by atoms with Crippen LogP contribution < -0.4 is 0 Å². The zero-order valence-corrected chi connectivity index (χ0v) is 27.4. The Bertz CT molecular complexity index is 2810. The van der Waals surface area contributed by atoms with Gasteiger partial charge in [-0.15, -0.1) is 11.3 Å². The van der Waals surface area contributed by atoms with E-state index in [-0.39, 0.29) is 0 Å². The number of allylic oxidation sites excluding steroid dienone is 3. The fourth-order valence-corrected chi connectivity index (χ4v) is 8.29. The Labute approximate surface area is 287 Å². The van der Waals surface area contributed by atoms with E-state index in [4.69, 9.17) is 9.41 Å². The van der Waals surface area contributed by atoms with E-state index in [0.29, 0.717) is 0 Å². The second kappa shape index (κ2) is 11.3. The maximum atomic E-state index is 6.33. The predicted molar refractivity (Wildman–Crippen MR) is 210 cm³/mol. The van der Waals surface area contributed by atoms with Crippen LogP contribution in [-0.4, -0.2) is 5.71 Å². The molecule has 9 aromatic rings. The maximum Gasteiger partial charge on any atom is 0.136 e. The van der Waals surface area contributed by atoms with E-state index in [1.165, 1.54) is 53.2 Å². The van der Waals surface area contributed by atoms with Gasteiger partial charge in [0.15, 0.2) is 0 Å². The van der Waals surface area contributed by atoms with Crippen LogP contribution in [0.1, 0.15) is 22.4 Å². The zero-order valence-electron chi connectivity index (χ0n) is 26.6. The molecule has 0 amide bonds. The third-order valence-electron chi connectivity index (χ3n) is 9.72. The molecule has 230 valence electrons. The van der Waals surface area contributed by atoms with Crippen molar-refractivity contribution < 1.29 is 4.42 Å². The van der Waals surface area contributed by atoms with Crippen LogP contribution >= 0.6 is 11.3 Å². The number of nitrogens with zero attached hydrogens (tertiary/aromatic N) is 1. The summed E-state index contributed by atoms with van der Waals surface area (Å²) in [6, 6.07) is 54.3. The van der Waals surface area contributed by atoms with Gasteiger partial charge in [-0.3, -0.25) is 0 Å². The lowest BCUT2D eigenvalue weighted by Gasteiger charge is -2.09. The molecule has 0 fully saturated rings. The fraction of sp³-hybridized carbons (Fsp3) is 0.0217. The Morgan fingerprint density at radius 2 is 1.20 bits per heavy atom. The number of benzene rings is 7. The first-order chi connectivity index (χ1) is 24.2. The highest BCUT2D eigenvalue weighted by molar-refractivity contribution is 7.20. The van der Waals surface area contributed by atoms with Crippen molar-refractivity contribution in [2.75, 3.05) is 0 Å². The number of hydrogen-bond donors (Lipinski definition) is 0. The molecule has 7 aromatic carbocycles. The number of rotatable bonds is 4. The molecule has 0 saturated carbocycles. The van der Waals surface area contributed by atoms with Crippen molar-refractivity contribution in [1.29, 1.82) is 0 Å². The molecule has 0 unspecified atom stereocenters. The average molecular weight is 644 g/mol. The molecule has 0 atom stereocenters. The highest BCUT2D eigenvalue weighted by Gasteiger charge is 2.17. The molecule has 0 N–H and O–H groups in total. The van der Waals surface area contributed by atoms with Gasteiger partial charge in [0.05, 0.1) is 11.4 Å². The Morgan fingerprint density at radius 3 is 2.06 bits per heavy atom. The van der Waals surface area contributed by atoms with Crippen molar-refractivity contribution >= 4 is 81.9 Å². The summed E-state index contributed by atoms with van der Waals surface area (Å²) in [6.07, 6.45) is 5.36. The highest BCUT2D eigenvalue weighted by Crippen LogP contribution is 2.38. The first-order valence-electron chi connectivity index (χ1n) is 16.7. The van der Waals surface area contributed by atoms with E-state index < -0.39 is 0 Å². The summed E-state index contributed by atoms with van der Waals surface area (Å²) in [5.74, 6) is 0. The van der Waals surface area contributed by atoms with Gasteiger partial charge in [-0.1, -0.05) is 115 Å². The van der Waals surface area contributed by atoms with Crippen LogP contribution in [0, 0.1) is 0 Å². The highest BCUT2D eigenvalue weighted by atomic mass is 32.1. The minimum atomic E-state index is 0.790. The van der Waals surface area contributed by atoms with Gasteiger partial charge in [0, 0.05) is 31.5 Å². The Balaban J connectivity index is 1.10. The van der Waals surface area contributed by atoms with E-state index in [0.717, 1.165) is 50.9 Å². The minimum Gasteiger partial charge on any atom is -0.456 e. The number of hydrogen-bond acceptors (Lipinski definition) is 3. The molecule has 2 aromatic heterocycles. The van der Waals surface area contributed by atoms with Crippen LogP contribution in [-0.2, 0) is 0 Å². The second-order valence-corrected chi connectivity index (χ2v) is 13.8. The van der Waals surface area contributed by atoms with Crippen LogP contribution in [0.4, 0.5) is 0 Å². The summed E-state index contributed by atoms with van der Waals surface area (Å²) in [6.45, 7) is 0. The lowest BCUT2D eigenvalue weighted by atomic mass is 9.96. The van der Waals surface area contributed by atoms with Crippen LogP contribution in [0.25, 0.3) is 76.0 Å². The monoisotopic (exact) mass is 643 g/mol. The lowest BCUT2D eigenvalue weighted by molar-refractivity contribution is 0.669. The average Bonchev–Trinajstić information content (AvgIpc) is 3.67. The molecular formula is C46H29NOS. The van der Waals surface area contributed by atoms with E-state index in [2.05, 4.69) is 164 Å². The smallest absolute Gasteiger partial charge is 0.136 e. The summed E-state index contributed by atoms with van der Waals surface area (Å²) in [4.78, 5) is 6.67. The summed E-state index contributed by atoms with van der Waals surface area (Å²) >= 11 is 1.85. The fourth-order valence-electron chi connectivity index (χ4n) is 7.20. The van der Waals surface area contributed by atoms with Crippen molar-refractivity contribution in [3.05, 3.63) is 180 Å². The van der Waals surface area contributed by atoms with E-state index in [1.807, 2.05) is 11.3 Å². The molecule has 1 aliphatic rings. The molecule has 3 heteroatoms. The third-order valence-corrected chi connectivity index (χ3v) is 10.9. The normalized spacial score (nSPS) is 13.6. The SMILES string of the molecule is C1=C(c2ccc3oc4cc5ccccc5cc4c3c2)N=C(c2ccc(-c3cccc4ccccc34)cc2)C=C(c2cc3ccccc3s2)C1. The summed E-state index contributed by atoms with van der Waals surface area (Å²) in [7, 11) is 0. The van der Waals surface area contributed by atoms with Crippen molar-refractivity contribution in [2.24, 2.45) is 4.99 Å². The molecule has 2 nitrogen and oxygen atoms in total. The molecular weight excluding hydrogens is 615 g/mol. The van der Waals surface area contributed by atoms with Gasteiger partial charge in [-0.05, 0) is 98.6 Å².